The summed E-state index contributed by atoms with van der Waals surface area (Å²) in [6, 6.07) is 14.5. The summed E-state index contributed by atoms with van der Waals surface area (Å²) in [6.07, 6.45) is 6.51. The van der Waals surface area contributed by atoms with E-state index in [0.29, 0.717) is 17.1 Å². The van der Waals surface area contributed by atoms with E-state index in [1.54, 1.807) is 18.3 Å². The van der Waals surface area contributed by atoms with Crippen molar-refractivity contribution >= 4 is 11.6 Å². The van der Waals surface area contributed by atoms with Gasteiger partial charge in [0.1, 0.15) is 17.2 Å². The van der Waals surface area contributed by atoms with Gasteiger partial charge < -0.3 is 9.88 Å². The normalized spacial score (nSPS) is 11.1. The Morgan fingerprint density at radius 3 is 2.67 bits per heavy atom. The monoisotopic (exact) mass is 424 g/mol. The molecule has 0 aliphatic rings. The zero-order valence-electron chi connectivity index (χ0n) is 16.4. The van der Waals surface area contributed by atoms with E-state index in [1.807, 2.05) is 47.4 Å². The summed E-state index contributed by atoms with van der Waals surface area (Å²) in [5.41, 5.74) is 2.95. The van der Waals surface area contributed by atoms with Crippen molar-refractivity contribution in [3.8, 4) is 11.3 Å². The first-order chi connectivity index (χ1) is 14.7. The van der Waals surface area contributed by atoms with E-state index in [4.69, 9.17) is 11.6 Å². The topological polar surface area (TPSA) is 60.6 Å². The SMILES string of the molecule is Fc1cccc(Cl)c1Cn1nc(CNCCCn2ccnc2)c(-c2ccccc2)n1. The molecule has 0 saturated heterocycles. The molecule has 0 radical (unpaired) electrons. The third kappa shape index (κ3) is 4.93. The van der Waals surface area contributed by atoms with Crippen molar-refractivity contribution in [3.63, 3.8) is 0 Å². The second kappa shape index (κ2) is 9.65. The number of hydrogen-bond acceptors (Lipinski definition) is 4. The average Bonchev–Trinajstić information content (AvgIpc) is 3.41. The number of aromatic nitrogens is 5. The number of benzene rings is 2. The Morgan fingerprint density at radius 1 is 1.03 bits per heavy atom. The number of nitrogens with zero attached hydrogens (tertiary/aromatic N) is 5. The Balaban J connectivity index is 1.48. The third-order valence-electron chi connectivity index (χ3n) is 4.75. The van der Waals surface area contributed by atoms with Crippen LogP contribution in [0.2, 0.25) is 5.02 Å². The number of hydrogen-bond donors (Lipinski definition) is 1. The van der Waals surface area contributed by atoms with Crippen LogP contribution >= 0.6 is 11.6 Å². The average molecular weight is 425 g/mol. The minimum Gasteiger partial charge on any atom is -0.337 e. The molecule has 0 amide bonds. The van der Waals surface area contributed by atoms with Gasteiger partial charge in [0.15, 0.2) is 0 Å². The highest BCUT2D eigenvalue weighted by molar-refractivity contribution is 6.31. The molecule has 154 valence electrons. The van der Waals surface area contributed by atoms with Gasteiger partial charge in [0.05, 0.1) is 12.9 Å². The molecule has 0 aliphatic heterocycles. The predicted molar refractivity (Wildman–Crippen MR) is 115 cm³/mol. The molecule has 30 heavy (non-hydrogen) atoms. The predicted octanol–water partition coefficient (Wildman–Crippen LogP) is 4.16. The molecule has 6 nitrogen and oxygen atoms in total. The van der Waals surface area contributed by atoms with Crippen LogP contribution in [0.15, 0.2) is 67.3 Å². The number of imidazole rings is 1. The van der Waals surface area contributed by atoms with Gasteiger partial charge in [-0.1, -0.05) is 48.0 Å². The smallest absolute Gasteiger partial charge is 0.129 e. The van der Waals surface area contributed by atoms with Crippen LogP contribution in [0.25, 0.3) is 11.3 Å². The van der Waals surface area contributed by atoms with E-state index in [2.05, 4.69) is 20.5 Å². The fourth-order valence-electron chi connectivity index (χ4n) is 3.23. The summed E-state index contributed by atoms with van der Waals surface area (Å²) in [7, 11) is 0. The van der Waals surface area contributed by atoms with Crippen LogP contribution in [0.5, 0.6) is 0 Å². The molecule has 4 rings (SSSR count). The van der Waals surface area contributed by atoms with Crippen molar-refractivity contribution in [2.24, 2.45) is 0 Å². The second-order valence-corrected chi connectivity index (χ2v) is 7.33. The lowest BCUT2D eigenvalue weighted by atomic mass is 10.1. The standard InChI is InChI=1S/C22H22ClFN6/c23-19-8-4-9-20(24)18(19)15-30-27-21(22(28-30)17-6-2-1-3-7-17)14-25-10-5-12-29-13-11-26-16-29/h1-4,6-9,11,13,16,25H,5,10,12,14-15H2. The van der Waals surface area contributed by atoms with Gasteiger partial charge in [-0.15, -0.1) is 0 Å². The molecule has 0 aliphatic carbocycles. The lowest BCUT2D eigenvalue weighted by Crippen LogP contribution is -2.17. The van der Waals surface area contributed by atoms with E-state index in [9.17, 15) is 4.39 Å². The summed E-state index contributed by atoms with van der Waals surface area (Å²) >= 11 is 6.18. The first-order valence-electron chi connectivity index (χ1n) is 9.79. The molecule has 0 saturated carbocycles. The Kier molecular flexibility index (Phi) is 6.51. The number of aryl methyl sites for hydroxylation is 1. The second-order valence-electron chi connectivity index (χ2n) is 6.92. The van der Waals surface area contributed by atoms with Crippen molar-refractivity contribution in [1.29, 1.82) is 0 Å². The maximum absolute atomic E-state index is 14.2. The molecular formula is C22H22ClFN6. The van der Waals surface area contributed by atoms with Gasteiger partial charge in [0.2, 0.25) is 0 Å². The molecule has 0 bridgehead atoms. The van der Waals surface area contributed by atoms with Gasteiger partial charge >= 0.3 is 0 Å². The number of rotatable bonds is 9. The maximum atomic E-state index is 14.2. The first-order valence-corrected chi connectivity index (χ1v) is 10.2. The van der Waals surface area contributed by atoms with E-state index >= 15 is 0 Å². The van der Waals surface area contributed by atoms with Gasteiger partial charge in [-0.05, 0) is 25.1 Å². The van der Waals surface area contributed by atoms with Crippen LogP contribution in [0.3, 0.4) is 0 Å². The Hall–Kier alpha value is -3.03. The van der Waals surface area contributed by atoms with E-state index in [-0.39, 0.29) is 12.4 Å². The van der Waals surface area contributed by atoms with Gasteiger partial charge in [-0.2, -0.15) is 15.0 Å². The zero-order chi connectivity index (χ0) is 20.8. The summed E-state index contributed by atoms with van der Waals surface area (Å²) in [6.45, 7) is 2.47. The van der Waals surface area contributed by atoms with Crippen LogP contribution in [0.4, 0.5) is 4.39 Å². The Labute approximate surface area is 179 Å². The Bertz CT molecular complexity index is 1060. The summed E-state index contributed by atoms with van der Waals surface area (Å²) in [4.78, 5) is 5.56. The molecule has 8 heteroatoms. The summed E-state index contributed by atoms with van der Waals surface area (Å²) < 4.78 is 16.2. The molecule has 2 aromatic carbocycles. The molecule has 0 fully saturated rings. The highest BCUT2D eigenvalue weighted by Gasteiger charge is 2.15. The van der Waals surface area contributed by atoms with Crippen LogP contribution in [-0.2, 0) is 19.6 Å². The quantitative estimate of drug-likeness (QED) is 0.410. The van der Waals surface area contributed by atoms with Gasteiger partial charge in [0.25, 0.3) is 0 Å². The molecular weight excluding hydrogens is 403 g/mol. The third-order valence-corrected chi connectivity index (χ3v) is 5.11. The highest BCUT2D eigenvalue weighted by atomic mass is 35.5. The Morgan fingerprint density at radius 2 is 1.90 bits per heavy atom. The lowest BCUT2D eigenvalue weighted by Gasteiger charge is -2.05. The van der Waals surface area contributed by atoms with Crippen LogP contribution < -0.4 is 5.32 Å². The van der Waals surface area contributed by atoms with Crippen molar-refractivity contribution in [3.05, 3.63) is 89.3 Å². The van der Waals surface area contributed by atoms with Crippen LogP contribution in [0, 0.1) is 5.82 Å². The molecule has 1 N–H and O–H groups in total. The maximum Gasteiger partial charge on any atom is 0.129 e. The van der Waals surface area contributed by atoms with Crippen molar-refractivity contribution in [1.82, 2.24) is 29.9 Å². The largest absolute Gasteiger partial charge is 0.337 e. The molecule has 0 atom stereocenters. The molecule has 4 aromatic rings. The van der Waals surface area contributed by atoms with Gasteiger partial charge in [0, 0.05) is 41.6 Å². The summed E-state index contributed by atoms with van der Waals surface area (Å²) in [5.74, 6) is -0.361. The van der Waals surface area contributed by atoms with E-state index in [1.165, 1.54) is 10.9 Å². The van der Waals surface area contributed by atoms with Crippen LogP contribution in [-0.4, -0.2) is 31.1 Å². The van der Waals surface area contributed by atoms with Crippen molar-refractivity contribution < 1.29 is 4.39 Å². The fraction of sp³-hybridized carbons (Fsp3) is 0.227. The molecule has 0 spiro atoms. The van der Waals surface area contributed by atoms with Crippen molar-refractivity contribution in [2.45, 2.75) is 26.1 Å². The van der Waals surface area contributed by atoms with Crippen LogP contribution in [0.1, 0.15) is 17.7 Å². The van der Waals surface area contributed by atoms with E-state index < -0.39 is 0 Å². The minimum atomic E-state index is -0.361. The van der Waals surface area contributed by atoms with Gasteiger partial charge in [-0.25, -0.2) is 9.37 Å². The first kappa shape index (κ1) is 20.3. The molecule has 0 unspecified atom stereocenters. The summed E-state index contributed by atoms with van der Waals surface area (Å²) in [5, 5.41) is 13.0. The fourth-order valence-corrected chi connectivity index (χ4v) is 3.45. The zero-order valence-corrected chi connectivity index (χ0v) is 17.1. The minimum absolute atomic E-state index is 0.173. The van der Waals surface area contributed by atoms with Gasteiger partial charge in [-0.3, -0.25) is 0 Å². The van der Waals surface area contributed by atoms with Crippen molar-refractivity contribution in [2.75, 3.05) is 6.54 Å². The number of halogens is 2. The number of nitrogens with one attached hydrogen (secondary N) is 1. The molecule has 2 heterocycles. The molecule has 2 aromatic heterocycles. The highest BCUT2D eigenvalue weighted by Crippen LogP contribution is 2.23. The lowest BCUT2D eigenvalue weighted by molar-refractivity contribution is 0.538. The van der Waals surface area contributed by atoms with E-state index in [0.717, 1.165) is 36.5 Å².